The number of anilines is 3. The number of halogens is 1. The second-order valence-electron chi connectivity index (χ2n) is 5.82. The Morgan fingerprint density at radius 2 is 1.69 bits per heavy atom. The SMILES string of the molecule is Nc1nc(NCc2ccc(F)cc2)ccc1NC(=O)Cc1ccccc1. The number of hydrogen-bond donors (Lipinski definition) is 3. The van der Waals surface area contributed by atoms with Gasteiger partial charge in [0.1, 0.15) is 17.5 Å². The summed E-state index contributed by atoms with van der Waals surface area (Å²) in [7, 11) is 0. The number of carbonyl (C=O) groups is 1. The molecule has 1 amide bonds. The number of hydrogen-bond acceptors (Lipinski definition) is 4. The van der Waals surface area contributed by atoms with Crippen LogP contribution < -0.4 is 16.4 Å². The molecule has 6 heteroatoms. The summed E-state index contributed by atoms with van der Waals surface area (Å²) in [5.74, 6) is 0.381. The summed E-state index contributed by atoms with van der Waals surface area (Å²) in [6.45, 7) is 0.492. The topological polar surface area (TPSA) is 80.0 Å². The second kappa shape index (κ2) is 8.11. The minimum Gasteiger partial charge on any atom is -0.382 e. The molecule has 0 unspecified atom stereocenters. The van der Waals surface area contributed by atoms with Gasteiger partial charge in [-0.2, -0.15) is 0 Å². The van der Waals surface area contributed by atoms with E-state index in [1.54, 1.807) is 24.3 Å². The number of nitrogen functional groups attached to an aromatic ring is 1. The second-order valence-corrected chi connectivity index (χ2v) is 5.82. The van der Waals surface area contributed by atoms with E-state index < -0.39 is 0 Å². The maximum absolute atomic E-state index is 12.9. The summed E-state index contributed by atoms with van der Waals surface area (Å²) in [6.07, 6.45) is 0.269. The molecule has 0 bridgehead atoms. The summed E-state index contributed by atoms with van der Waals surface area (Å²) in [5, 5.41) is 5.89. The van der Waals surface area contributed by atoms with Crippen molar-refractivity contribution in [2.24, 2.45) is 0 Å². The van der Waals surface area contributed by atoms with Crippen molar-refractivity contribution in [1.29, 1.82) is 0 Å². The monoisotopic (exact) mass is 350 g/mol. The number of aromatic nitrogens is 1. The van der Waals surface area contributed by atoms with Gasteiger partial charge in [-0.25, -0.2) is 9.37 Å². The van der Waals surface area contributed by atoms with Gasteiger partial charge in [0.15, 0.2) is 0 Å². The minimum absolute atomic E-state index is 0.156. The Bertz CT molecular complexity index is 882. The zero-order valence-electron chi connectivity index (χ0n) is 14.1. The van der Waals surface area contributed by atoms with Crippen LogP contribution in [0.5, 0.6) is 0 Å². The standard InChI is InChI=1S/C20H19FN4O/c21-16-8-6-15(7-9-16)13-23-18-11-10-17(20(22)25-18)24-19(26)12-14-4-2-1-3-5-14/h1-11H,12-13H2,(H,24,26)(H3,22,23,25). The van der Waals surface area contributed by atoms with Crippen LogP contribution in [0.1, 0.15) is 11.1 Å². The first kappa shape index (κ1) is 17.4. The zero-order valence-corrected chi connectivity index (χ0v) is 14.1. The van der Waals surface area contributed by atoms with Gasteiger partial charge in [0.05, 0.1) is 12.1 Å². The van der Waals surface area contributed by atoms with Gasteiger partial charge >= 0.3 is 0 Å². The molecule has 0 saturated carbocycles. The first-order valence-corrected chi connectivity index (χ1v) is 8.19. The molecule has 0 atom stereocenters. The highest BCUT2D eigenvalue weighted by molar-refractivity contribution is 5.94. The van der Waals surface area contributed by atoms with Gasteiger partial charge in [-0.1, -0.05) is 42.5 Å². The van der Waals surface area contributed by atoms with Crippen LogP contribution in [0.15, 0.2) is 66.7 Å². The molecule has 0 fully saturated rings. The minimum atomic E-state index is -0.272. The van der Waals surface area contributed by atoms with E-state index in [4.69, 9.17) is 5.73 Å². The molecular weight excluding hydrogens is 331 g/mol. The lowest BCUT2D eigenvalue weighted by atomic mass is 10.1. The molecular formula is C20H19FN4O. The third kappa shape index (κ3) is 4.80. The molecule has 3 rings (SSSR count). The highest BCUT2D eigenvalue weighted by Gasteiger charge is 2.08. The van der Waals surface area contributed by atoms with Crippen molar-refractivity contribution in [1.82, 2.24) is 4.98 Å². The Balaban J connectivity index is 1.58. The van der Waals surface area contributed by atoms with E-state index in [1.807, 2.05) is 30.3 Å². The van der Waals surface area contributed by atoms with Crippen molar-refractivity contribution in [3.63, 3.8) is 0 Å². The fourth-order valence-corrected chi connectivity index (χ4v) is 2.45. The predicted molar refractivity (Wildman–Crippen MR) is 101 cm³/mol. The van der Waals surface area contributed by atoms with Crippen LogP contribution in [0, 0.1) is 5.82 Å². The Morgan fingerprint density at radius 3 is 2.38 bits per heavy atom. The molecule has 4 N–H and O–H groups in total. The van der Waals surface area contributed by atoms with Crippen molar-refractivity contribution in [3.8, 4) is 0 Å². The summed E-state index contributed by atoms with van der Waals surface area (Å²) in [5.41, 5.74) is 8.26. The maximum Gasteiger partial charge on any atom is 0.228 e. The molecule has 1 heterocycles. The quantitative estimate of drug-likeness (QED) is 0.635. The van der Waals surface area contributed by atoms with E-state index in [-0.39, 0.29) is 24.0 Å². The third-order valence-corrected chi connectivity index (χ3v) is 3.79. The number of amides is 1. The van der Waals surface area contributed by atoms with Gasteiger partial charge in [0, 0.05) is 6.54 Å². The van der Waals surface area contributed by atoms with E-state index in [2.05, 4.69) is 15.6 Å². The number of nitrogens with one attached hydrogen (secondary N) is 2. The van der Waals surface area contributed by atoms with E-state index in [1.165, 1.54) is 12.1 Å². The molecule has 0 aliphatic heterocycles. The number of nitrogens with two attached hydrogens (primary N) is 1. The molecule has 3 aromatic rings. The number of carbonyl (C=O) groups excluding carboxylic acids is 1. The fraction of sp³-hybridized carbons (Fsp3) is 0.100. The third-order valence-electron chi connectivity index (χ3n) is 3.79. The number of nitrogens with zero attached hydrogens (tertiary/aromatic N) is 1. The number of rotatable bonds is 6. The zero-order chi connectivity index (χ0) is 18.4. The molecule has 0 aliphatic carbocycles. The van der Waals surface area contributed by atoms with Crippen LogP contribution in [0.25, 0.3) is 0 Å². The molecule has 26 heavy (non-hydrogen) atoms. The molecule has 1 aromatic heterocycles. The summed E-state index contributed by atoms with van der Waals surface area (Å²) in [4.78, 5) is 16.4. The molecule has 5 nitrogen and oxygen atoms in total. The predicted octanol–water partition coefficient (Wildman–Crippen LogP) is 3.60. The molecule has 0 saturated heterocycles. The van der Waals surface area contributed by atoms with Crippen LogP contribution in [-0.4, -0.2) is 10.9 Å². The lowest BCUT2D eigenvalue weighted by molar-refractivity contribution is -0.115. The van der Waals surface area contributed by atoms with Crippen LogP contribution in [-0.2, 0) is 17.8 Å². The van der Waals surface area contributed by atoms with Crippen molar-refractivity contribution in [3.05, 3.63) is 83.7 Å². The van der Waals surface area contributed by atoms with E-state index in [9.17, 15) is 9.18 Å². The van der Waals surface area contributed by atoms with Crippen molar-refractivity contribution >= 4 is 23.2 Å². The molecule has 132 valence electrons. The van der Waals surface area contributed by atoms with Crippen molar-refractivity contribution in [2.45, 2.75) is 13.0 Å². The summed E-state index contributed by atoms with van der Waals surface area (Å²) >= 11 is 0. The lowest BCUT2D eigenvalue weighted by Crippen LogP contribution is -2.16. The van der Waals surface area contributed by atoms with Gasteiger partial charge in [-0.15, -0.1) is 0 Å². The van der Waals surface area contributed by atoms with Gasteiger partial charge < -0.3 is 16.4 Å². The number of pyridine rings is 1. The average Bonchev–Trinajstić information content (AvgIpc) is 2.64. The lowest BCUT2D eigenvalue weighted by Gasteiger charge is -2.11. The first-order valence-electron chi connectivity index (χ1n) is 8.19. The van der Waals surface area contributed by atoms with Crippen LogP contribution in [0.3, 0.4) is 0 Å². The normalized spacial score (nSPS) is 10.3. The summed E-state index contributed by atoms with van der Waals surface area (Å²) < 4.78 is 12.9. The number of benzene rings is 2. The summed E-state index contributed by atoms with van der Waals surface area (Å²) in [6, 6.07) is 19.1. The van der Waals surface area contributed by atoms with E-state index in [0.29, 0.717) is 18.1 Å². The highest BCUT2D eigenvalue weighted by atomic mass is 19.1. The van der Waals surface area contributed by atoms with Gasteiger partial charge in [-0.3, -0.25) is 4.79 Å². The first-order chi connectivity index (χ1) is 12.6. The maximum atomic E-state index is 12.9. The molecule has 0 radical (unpaired) electrons. The molecule has 2 aromatic carbocycles. The van der Waals surface area contributed by atoms with Crippen LogP contribution >= 0.6 is 0 Å². The highest BCUT2D eigenvalue weighted by Crippen LogP contribution is 2.19. The van der Waals surface area contributed by atoms with Crippen molar-refractivity contribution < 1.29 is 9.18 Å². The largest absolute Gasteiger partial charge is 0.382 e. The smallest absolute Gasteiger partial charge is 0.228 e. The van der Waals surface area contributed by atoms with Gasteiger partial charge in [0.2, 0.25) is 5.91 Å². The Hall–Kier alpha value is -3.41. The van der Waals surface area contributed by atoms with Crippen LogP contribution in [0.4, 0.5) is 21.7 Å². The van der Waals surface area contributed by atoms with Gasteiger partial charge in [-0.05, 0) is 35.4 Å². The Morgan fingerprint density at radius 1 is 0.962 bits per heavy atom. The van der Waals surface area contributed by atoms with E-state index in [0.717, 1.165) is 11.1 Å². The van der Waals surface area contributed by atoms with Crippen LogP contribution in [0.2, 0.25) is 0 Å². The Labute approximate surface area is 151 Å². The van der Waals surface area contributed by atoms with Gasteiger partial charge in [0.25, 0.3) is 0 Å². The Kier molecular flexibility index (Phi) is 5.43. The van der Waals surface area contributed by atoms with E-state index >= 15 is 0 Å². The van der Waals surface area contributed by atoms with Crippen molar-refractivity contribution in [2.75, 3.05) is 16.4 Å². The average molecular weight is 350 g/mol. The fourth-order valence-electron chi connectivity index (χ4n) is 2.45. The molecule has 0 aliphatic rings. The molecule has 0 spiro atoms.